The summed E-state index contributed by atoms with van der Waals surface area (Å²) >= 11 is 1.62. The molecule has 1 unspecified atom stereocenters. The van der Waals surface area contributed by atoms with Crippen molar-refractivity contribution in [2.45, 2.75) is 32.7 Å². The van der Waals surface area contributed by atoms with Crippen LogP contribution in [0.1, 0.15) is 23.8 Å². The molecule has 0 spiro atoms. The van der Waals surface area contributed by atoms with E-state index in [2.05, 4.69) is 22.2 Å². The Morgan fingerprint density at radius 2 is 2.20 bits per heavy atom. The van der Waals surface area contributed by atoms with Gasteiger partial charge >= 0.3 is 5.69 Å². The van der Waals surface area contributed by atoms with E-state index in [9.17, 15) is 18.4 Å². The summed E-state index contributed by atoms with van der Waals surface area (Å²) in [7, 11) is 0. The maximum absolute atomic E-state index is 13.8. The molecule has 0 bridgehead atoms. The fraction of sp³-hybridized carbons (Fsp3) is 0.300. The van der Waals surface area contributed by atoms with Crippen molar-refractivity contribution in [3.8, 4) is 0 Å². The van der Waals surface area contributed by atoms with E-state index in [4.69, 9.17) is 0 Å². The van der Waals surface area contributed by atoms with Crippen molar-refractivity contribution in [3.05, 3.63) is 57.1 Å². The van der Waals surface area contributed by atoms with Crippen LogP contribution < -0.4 is 11.0 Å². The molecule has 0 saturated heterocycles. The molecule has 0 aliphatic heterocycles. The lowest BCUT2D eigenvalue weighted by Gasteiger charge is -2.17. The summed E-state index contributed by atoms with van der Waals surface area (Å²) in [5.41, 5.74) is 0.895. The Balaban J connectivity index is 1.52. The first-order chi connectivity index (χ1) is 14.4. The number of aryl methyl sites for hydroxylation is 1. The lowest BCUT2D eigenvalue weighted by molar-refractivity contribution is -0.117. The van der Waals surface area contributed by atoms with E-state index < -0.39 is 23.2 Å². The zero-order valence-corrected chi connectivity index (χ0v) is 16.8. The molecule has 1 aromatic carbocycles. The molecule has 1 aliphatic carbocycles. The second-order valence-electron chi connectivity index (χ2n) is 7.57. The minimum absolute atomic E-state index is 0.162. The van der Waals surface area contributed by atoms with Crippen LogP contribution in [-0.2, 0) is 24.2 Å². The van der Waals surface area contributed by atoms with Gasteiger partial charge in [-0.2, -0.15) is 4.98 Å². The molecule has 30 heavy (non-hydrogen) atoms. The fourth-order valence-electron chi connectivity index (χ4n) is 3.92. The molecule has 1 aliphatic rings. The van der Waals surface area contributed by atoms with Gasteiger partial charge in [0.25, 0.3) is 0 Å². The Bertz CT molecular complexity index is 1370. The van der Waals surface area contributed by atoms with Gasteiger partial charge < -0.3 is 5.32 Å². The number of nitrogens with zero attached hydrogens (tertiary/aromatic N) is 4. The summed E-state index contributed by atoms with van der Waals surface area (Å²) in [5, 5.41) is 3.22. The molecule has 0 saturated carbocycles. The van der Waals surface area contributed by atoms with Gasteiger partial charge in [-0.1, -0.05) is 6.92 Å². The highest BCUT2D eigenvalue weighted by Crippen LogP contribution is 2.38. The van der Waals surface area contributed by atoms with Crippen molar-refractivity contribution in [1.29, 1.82) is 0 Å². The van der Waals surface area contributed by atoms with Crippen LogP contribution >= 0.6 is 11.3 Å². The van der Waals surface area contributed by atoms with Gasteiger partial charge in [-0.05, 0) is 42.9 Å². The van der Waals surface area contributed by atoms with E-state index in [0.717, 1.165) is 46.3 Å². The number of nitrogens with one attached hydrogen (secondary N) is 1. The first-order valence-electron chi connectivity index (χ1n) is 9.54. The Morgan fingerprint density at radius 1 is 1.37 bits per heavy atom. The fourth-order valence-corrected chi connectivity index (χ4v) is 5.26. The van der Waals surface area contributed by atoms with E-state index in [-0.39, 0.29) is 12.2 Å². The zero-order chi connectivity index (χ0) is 21.0. The zero-order valence-electron chi connectivity index (χ0n) is 16.0. The highest BCUT2D eigenvalue weighted by molar-refractivity contribution is 7.19. The Labute approximate surface area is 173 Å². The molecule has 7 nitrogen and oxygen atoms in total. The Morgan fingerprint density at radius 3 is 3.00 bits per heavy atom. The number of carbonyl (C=O) groups excluding carboxylic acids is 1. The Kier molecular flexibility index (Phi) is 4.39. The average molecular weight is 429 g/mol. The topological polar surface area (TPSA) is 81.3 Å². The molecule has 4 aromatic rings. The van der Waals surface area contributed by atoms with Crippen molar-refractivity contribution < 1.29 is 13.6 Å². The van der Waals surface area contributed by atoms with Gasteiger partial charge in [0.1, 0.15) is 29.3 Å². The van der Waals surface area contributed by atoms with E-state index >= 15 is 0 Å². The highest BCUT2D eigenvalue weighted by Gasteiger charge is 2.24. The molecule has 3 aromatic heterocycles. The molecule has 10 heteroatoms. The van der Waals surface area contributed by atoms with Crippen LogP contribution in [0.3, 0.4) is 0 Å². The second kappa shape index (κ2) is 6.98. The summed E-state index contributed by atoms with van der Waals surface area (Å²) in [6.07, 6.45) is 4.43. The van der Waals surface area contributed by atoms with Crippen molar-refractivity contribution in [3.63, 3.8) is 0 Å². The molecule has 1 amide bonds. The predicted octanol–water partition coefficient (Wildman–Crippen LogP) is 3.15. The van der Waals surface area contributed by atoms with Gasteiger partial charge in [-0.25, -0.2) is 27.8 Å². The summed E-state index contributed by atoms with van der Waals surface area (Å²) in [6.45, 7) is 1.84. The van der Waals surface area contributed by atoms with Gasteiger partial charge in [0, 0.05) is 10.9 Å². The number of rotatable bonds is 3. The normalized spacial score (nSPS) is 16.2. The SMILES string of the molecule is CC1CCc2c(sc3ncn4c(nc(=O)n4CC(=O)Nc4ccc(F)cc4F)c23)C1. The predicted molar refractivity (Wildman–Crippen MR) is 109 cm³/mol. The monoisotopic (exact) mass is 429 g/mol. The summed E-state index contributed by atoms with van der Waals surface area (Å²) in [4.78, 5) is 35.7. The molecule has 3 heterocycles. The van der Waals surface area contributed by atoms with Crippen molar-refractivity contribution >= 4 is 38.8 Å². The number of anilines is 1. The number of hydrogen-bond acceptors (Lipinski definition) is 5. The van der Waals surface area contributed by atoms with Crippen LogP contribution in [0.5, 0.6) is 0 Å². The molecule has 154 valence electrons. The van der Waals surface area contributed by atoms with Crippen molar-refractivity contribution in [2.75, 3.05) is 5.32 Å². The van der Waals surface area contributed by atoms with Crippen LogP contribution in [0, 0.1) is 17.6 Å². The number of carbonyl (C=O) groups is 1. The molecule has 0 radical (unpaired) electrons. The molecular formula is C20H17F2N5O2S. The van der Waals surface area contributed by atoms with E-state index in [1.54, 1.807) is 11.3 Å². The largest absolute Gasteiger partial charge is 0.365 e. The number of thiophene rings is 1. The smallest absolute Gasteiger partial charge is 0.322 e. The number of benzene rings is 1. The van der Waals surface area contributed by atoms with Gasteiger partial charge in [0.05, 0.1) is 11.1 Å². The number of halogens is 2. The van der Waals surface area contributed by atoms with Gasteiger partial charge in [-0.15, -0.1) is 11.3 Å². The van der Waals surface area contributed by atoms with Crippen LogP contribution in [0.4, 0.5) is 14.5 Å². The van der Waals surface area contributed by atoms with Crippen LogP contribution in [-0.4, -0.2) is 25.1 Å². The van der Waals surface area contributed by atoms with Crippen LogP contribution in [0.25, 0.3) is 15.9 Å². The summed E-state index contributed by atoms with van der Waals surface area (Å²) in [6, 6.07) is 2.85. The summed E-state index contributed by atoms with van der Waals surface area (Å²) in [5.74, 6) is -1.66. The maximum atomic E-state index is 13.8. The van der Waals surface area contributed by atoms with E-state index in [0.29, 0.717) is 17.6 Å². The average Bonchev–Trinajstić information content (AvgIpc) is 3.21. The first kappa shape index (κ1) is 18.9. The van der Waals surface area contributed by atoms with E-state index in [1.807, 2.05) is 0 Å². The number of hydrogen-bond donors (Lipinski definition) is 1. The Hall–Kier alpha value is -3.14. The third-order valence-electron chi connectivity index (χ3n) is 5.40. The third kappa shape index (κ3) is 3.07. The van der Waals surface area contributed by atoms with Crippen LogP contribution in [0.2, 0.25) is 0 Å². The minimum atomic E-state index is -0.892. The lowest BCUT2D eigenvalue weighted by Crippen LogP contribution is -2.28. The van der Waals surface area contributed by atoms with Gasteiger partial charge in [0.15, 0.2) is 5.65 Å². The molecule has 1 N–H and O–H groups in total. The molecule has 5 rings (SSSR count). The second-order valence-corrected chi connectivity index (χ2v) is 8.65. The standard InChI is InChI=1S/C20H17F2N5O2S/c1-10-2-4-12-15(6-10)30-19-17(12)18-25-20(29)26(27(18)9-23-19)8-16(28)24-14-5-3-11(21)7-13(14)22/h3,5,7,9-10H,2,4,6,8H2,1H3,(H,24,28). The number of aromatic nitrogens is 4. The van der Waals surface area contributed by atoms with E-state index in [1.165, 1.54) is 21.3 Å². The van der Waals surface area contributed by atoms with Gasteiger partial charge in [-0.3, -0.25) is 4.79 Å². The third-order valence-corrected chi connectivity index (χ3v) is 6.56. The molecule has 0 fully saturated rings. The molecular weight excluding hydrogens is 412 g/mol. The summed E-state index contributed by atoms with van der Waals surface area (Å²) < 4.78 is 29.5. The maximum Gasteiger partial charge on any atom is 0.365 e. The first-order valence-corrected chi connectivity index (χ1v) is 10.4. The quantitative estimate of drug-likeness (QED) is 0.543. The number of fused-ring (bicyclic) bond motifs is 5. The van der Waals surface area contributed by atoms with Crippen molar-refractivity contribution in [1.82, 2.24) is 19.2 Å². The minimum Gasteiger partial charge on any atom is -0.322 e. The number of amides is 1. The van der Waals surface area contributed by atoms with Gasteiger partial charge in [0.2, 0.25) is 5.91 Å². The highest BCUT2D eigenvalue weighted by atomic mass is 32.1. The lowest BCUT2D eigenvalue weighted by atomic mass is 9.89. The molecule has 1 atom stereocenters. The van der Waals surface area contributed by atoms with Crippen LogP contribution in [0.15, 0.2) is 29.3 Å². The van der Waals surface area contributed by atoms with Crippen molar-refractivity contribution in [2.24, 2.45) is 5.92 Å².